The molecule has 0 spiro atoms. The number of rotatable bonds is 6. The summed E-state index contributed by atoms with van der Waals surface area (Å²) in [4.78, 5) is 28.3. The zero-order valence-electron chi connectivity index (χ0n) is 14.5. The van der Waals surface area contributed by atoms with Gasteiger partial charge in [0.15, 0.2) is 0 Å². The molecule has 1 N–H and O–H groups in total. The highest BCUT2D eigenvalue weighted by Gasteiger charge is 2.16. The van der Waals surface area contributed by atoms with Gasteiger partial charge < -0.3 is 5.32 Å². The van der Waals surface area contributed by atoms with Gasteiger partial charge in [0, 0.05) is 23.2 Å². The number of halogens is 1. The van der Waals surface area contributed by atoms with E-state index in [0.29, 0.717) is 11.4 Å². The SMILES string of the molecule is CCc1cnc(C(C)Nc2cnn(-c3ccc([N+](=O)[O-])cc3)c(=O)c2Cl)s1. The molecule has 0 bridgehead atoms. The van der Waals surface area contributed by atoms with Crippen molar-refractivity contribution >= 4 is 34.3 Å². The smallest absolute Gasteiger partial charge is 0.292 e. The number of non-ortho nitro benzene ring substituents is 1. The molecular weight excluding hydrogens is 390 g/mol. The van der Waals surface area contributed by atoms with Crippen LogP contribution in [0.2, 0.25) is 5.02 Å². The lowest BCUT2D eigenvalue weighted by atomic mass is 10.3. The quantitative estimate of drug-likeness (QED) is 0.491. The zero-order valence-corrected chi connectivity index (χ0v) is 16.1. The molecule has 3 rings (SSSR count). The second-order valence-corrected chi connectivity index (χ2v) is 7.27. The summed E-state index contributed by atoms with van der Waals surface area (Å²) >= 11 is 7.83. The lowest BCUT2D eigenvalue weighted by Gasteiger charge is -2.14. The van der Waals surface area contributed by atoms with Gasteiger partial charge in [0.05, 0.1) is 28.5 Å². The summed E-state index contributed by atoms with van der Waals surface area (Å²) in [7, 11) is 0. The Bertz CT molecular complexity index is 1030. The van der Waals surface area contributed by atoms with E-state index in [2.05, 4.69) is 22.3 Å². The summed E-state index contributed by atoms with van der Waals surface area (Å²) in [5.41, 5.74) is 0.205. The van der Waals surface area contributed by atoms with E-state index in [9.17, 15) is 14.9 Å². The van der Waals surface area contributed by atoms with E-state index in [1.807, 2.05) is 13.1 Å². The van der Waals surface area contributed by atoms with Gasteiger partial charge in [-0.3, -0.25) is 14.9 Å². The van der Waals surface area contributed by atoms with Crippen LogP contribution in [0.25, 0.3) is 5.69 Å². The maximum Gasteiger partial charge on any atom is 0.292 e. The fourth-order valence-corrected chi connectivity index (χ4v) is 3.46. The average Bonchev–Trinajstić information content (AvgIpc) is 3.15. The molecule has 0 fully saturated rings. The second kappa shape index (κ2) is 7.85. The number of hydrogen-bond donors (Lipinski definition) is 1. The molecule has 0 amide bonds. The Morgan fingerprint density at radius 1 is 1.33 bits per heavy atom. The number of aryl methyl sites for hydroxylation is 1. The van der Waals surface area contributed by atoms with Crippen LogP contribution < -0.4 is 10.9 Å². The molecule has 2 aromatic heterocycles. The van der Waals surface area contributed by atoms with E-state index in [4.69, 9.17) is 11.6 Å². The molecular formula is C17H16ClN5O3S. The van der Waals surface area contributed by atoms with Crippen LogP contribution in [0.4, 0.5) is 11.4 Å². The zero-order chi connectivity index (χ0) is 19.6. The predicted molar refractivity (Wildman–Crippen MR) is 105 cm³/mol. The average molecular weight is 406 g/mol. The highest BCUT2D eigenvalue weighted by atomic mass is 35.5. The van der Waals surface area contributed by atoms with Crippen LogP contribution >= 0.6 is 22.9 Å². The van der Waals surface area contributed by atoms with Gasteiger partial charge in [-0.1, -0.05) is 18.5 Å². The Morgan fingerprint density at radius 2 is 2.04 bits per heavy atom. The summed E-state index contributed by atoms with van der Waals surface area (Å²) in [6, 6.07) is 5.36. The third kappa shape index (κ3) is 3.99. The number of nitrogens with one attached hydrogen (secondary N) is 1. The predicted octanol–water partition coefficient (Wildman–Crippen LogP) is 3.99. The molecule has 2 heterocycles. The maximum atomic E-state index is 12.6. The molecule has 10 heteroatoms. The number of aromatic nitrogens is 3. The highest BCUT2D eigenvalue weighted by molar-refractivity contribution is 7.11. The van der Waals surface area contributed by atoms with Crippen molar-refractivity contribution in [1.82, 2.24) is 14.8 Å². The summed E-state index contributed by atoms with van der Waals surface area (Å²) in [5, 5.41) is 18.9. The Morgan fingerprint density at radius 3 is 2.63 bits per heavy atom. The first-order valence-electron chi connectivity index (χ1n) is 8.14. The maximum absolute atomic E-state index is 12.6. The van der Waals surface area contributed by atoms with Crippen molar-refractivity contribution in [2.75, 3.05) is 5.32 Å². The Balaban J connectivity index is 1.86. The van der Waals surface area contributed by atoms with Gasteiger partial charge in [-0.2, -0.15) is 9.78 Å². The Hall–Kier alpha value is -2.78. The second-order valence-electron chi connectivity index (χ2n) is 5.75. The van der Waals surface area contributed by atoms with Crippen molar-refractivity contribution in [3.8, 4) is 5.69 Å². The molecule has 0 saturated carbocycles. The first-order valence-corrected chi connectivity index (χ1v) is 9.34. The fraction of sp³-hybridized carbons (Fsp3) is 0.235. The summed E-state index contributed by atoms with van der Waals surface area (Å²) in [5.74, 6) is 0. The van der Waals surface area contributed by atoms with E-state index < -0.39 is 10.5 Å². The topological polar surface area (TPSA) is 103 Å². The van der Waals surface area contributed by atoms with Crippen LogP contribution in [0.3, 0.4) is 0 Å². The normalized spacial score (nSPS) is 12.0. The first-order chi connectivity index (χ1) is 12.9. The summed E-state index contributed by atoms with van der Waals surface area (Å²) in [6.45, 7) is 3.99. The highest BCUT2D eigenvalue weighted by Crippen LogP contribution is 2.26. The summed E-state index contributed by atoms with van der Waals surface area (Å²) < 4.78 is 1.10. The third-order valence-corrected chi connectivity index (χ3v) is 5.58. The van der Waals surface area contributed by atoms with Gasteiger partial charge in [-0.25, -0.2) is 4.98 Å². The van der Waals surface area contributed by atoms with Gasteiger partial charge in [0.1, 0.15) is 10.0 Å². The Kier molecular flexibility index (Phi) is 5.52. The first kappa shape index (κ1) is 19.0. The molecule has 140 valence electrons. The van der Waals surface area contributed by atoms with Gasteiger partial charge in [-0.15, -0.1) is 11.3 Å². The van der Waals surface area contributed by atoms with Crippen molar-refractivity contribution in [3.05, 3.63) is 72.0 Å². The number of nitrogens with zero attached hydrogens (tertiary/aromatic N) is 4. The number of benzene rings is 1. The molecule has 1 aromatic carbocycles. The molecule has 0 saturated heterocycles. The molecule has 0 aliphatic heterocycles. The van der Waals surface area contributed by atoms with Crippen LogP contribution in [0.1, 0.15) is 29.8 Å². The molecule has 0 aliphatic carbocycles. The number of nitro benzene ring substituents is 1. The lowest BCUT2D eigenvalue weighted by molar-refractivity contribution is -0.384. The summed E-state index contributed by atoms with van der Waals surface area (Å²) in [6.07, 6.45) is 4.21. The van der Waals surface area contributed by atoms with E-state index in [0.717, 1.165) is 16.1 Å². The number of thiazole rings is 1. The van der Waals surface area contributed by atoms with E-state index in [1.54, 1.807) is 11.3 Å². The number of anilines is 1. The van der Waals surface area contributed by atoms with E-state index in [1.165, 1.54) is 35.3 Å². The molecule has 3 aromatic rings. The molecule has 8 nitrogen and oxygen atoms in total. The Labute approximate surface area is 163 Å². The van der Waals surface area contributed by atoms with Gasteiger partial charge in [0.25, 0.3) is 11.2 Å². The van der Waals surface area contributed by atoms with Crippen LogP contribution in [-0.2, 0) is 6.42 Å². The van der Waals surface area contributed by atoms with Gasteiger partial charge >= 0.3 is 0 Å². The number of nitro groups is 1. The standard InChI is InChI=1S/C17H16ClN5O3S/c1-3-13-8-19-16(27-13)10(2)21-14-9-20-22(17(24)15(14)18)11-4-6-12(7-5-11)23(25)26/h4-10,21H,3H2,1-2H3. The number of hydrogen-bond acceptors (Lipinski definition) is 7. The molecule has 1 unspecified atom stereocenters. The van der Waals surface area contributed by atoms with Crippen LogP contribution in [0.15, 0.2) is 41.5 Å². The van der Waals surface area contributed by atoms with Crippen molar-refractivity contribution < 1.29 is 4.92 Å². The van der Waals surface area contributed by atoms with E-state index in [-0.39, 0.29) is 16.8 Å². The van der Waals surface area contributed by atoms with Crippen molar-refractivity contribution in [2.24, 2.45) is 0 Å². The molecule has 27 heavy (non-hydrogen) atoms. The van der Waals surface area contributed by atoms with Gasteiger partial charge in [0.2, 0.25) is 0 Å². The monoisotopic (exact) mass is 405 g/mol. The lowest BCUT2D eigenvalue weighted by Crippen LogP contribution is -2.23. The third-order valence-electron chi connectivity index (χ3n) is 3.89. The van der Waals surface area contributed by atoms with E-state index >= 15 is 0 Å². The van der Waals surface area contributed by atoms with Crippen LogP contribution in [0.5, 0.6) is 0 Å². The van der Waals surface area contributed by atoms with Crippen molar-refractivity contribution in [1.29, 1.82) is 0 Å². The van der Waals surface area contributed by atoms with Gasteiger partial charge in [-0.05, 0) is 25.5 Å². The minimum Gasteiger partial charge on any atom is -0.373 e. The van der Waals surface area contributed by atoms with Crippen molar-refractivity contribution in [2.45, 2.75) is 26.3 Å². The van der Waals surface area contributed by atoms with Crippen LogP contribution in [0, 0.1) is 10.1 Å². The molecule has 1 atom stereocenters. The van der Waals surface area contributed by atoms with Crippen molar-refractivity contribution in [3.63, 3.8) is 0 Å². The fourth-order valence-electron chi connectivity index (χ4n) is 2.41. The minimum atomic E-state index is -0.517. The molecule has 0 radical (unpaired) electrons. The molecule has 0 aliphatic rings. The largest absolute Gasteiger partial charge is 0.373 e. The van der Waals surface area contributed by atoms with Crippen LogP contribution in [-0.4, -0.2) is 19.7 Å². The minimum absolute atomic E-state index is 0.0116.